The van der Waals surface area contributed by atoms with Crippen LogP contribution in [-0.2, 0) is 13.1 Å². The second kappa shape index (κ2) is 10.6. The highest BCUT2D eigenvalue weighted by Gasteiger charge is 2.36. The molecule has 1 N–H and O–H groups in total. The summed E-state index contributed by atoms with van der Waals surface area (Å²) in [5, 5.41) is 17.1. The number of benzene rings is 3. The van der Waals surface area contributed by atoms with Gasteiger partial charge in [0.1, 0.15) is 23.2 Å². The molecule has 7 rings (SSSR count). The zero-order valence-corrected chi connectivity index (χ0v) is 23.3. The van der Waals surface area contributed by atoms with Crippen molar-refractivity contribution in [2.24, 2.45) is 0 Å². The zero-order valence-electron chi connectivity index (χ0n) is 23.3. The predicted octanol–water partition coefficient (Wildman–Crippen LogP) is 4.39. The molecular weight excluding hydrogens is 547 g/mol. The highest BCUT2D eigenvalue weighted by Crippen LogP contribution is 2.28. The average Bonchev–Trinajstić information content (AvgIpc) is 3.62. The van der Waals surface area contributed by atoms with E-state index in [4.69, 9.17) is 0 Å². The van der Waals surface area contributed by atoms with Gasteiger partial charge in [-0.25, -0.2) is 14.1 Å². The van der Waals surface area contributed by atoms with Crippen molar-refractivity contribution >= 4 is 27.8 Å². The van der Waals surface area contributed by atoms with Crippen LogP contribution in [0.1, 0.15) is 28.9 Å². The molecule has 0 saturated carbocycles. The fourth-order valence-corrected chi connectivity index (χ4v) is 5.92. The first-order valence-corrected chi connectivity index (χ1v) is 14.2. The monoisotopic (exact) mass is 576 g/mol. The van der Waals surface area contributed by atoms with Gasteiger partial charge in [-0.1, -0.05) is 48.5 Å². The van der Waals surface area contributed by atoms with E-state index in [0.717, 1.165) is 16.5 Å². The lowest BCUT2D eigenvalue weighted by molar-refractivity contribution is -0.0301. The number of halogens is 1. The number of piperidine rings is 1. The standard InChI is InChI=1S/C33H29FN6O3/c34-25-10-12-26(13-11-25)40-30-27(19-36-40)31(41)38(22-35-30)21-33(43)14-16-37(17-15-33)32(42)29-18-24-8-4-5-9-28(24)39(29)20-23-6-2-1-3-7-23/h1-13,18-19,22,43H,14-17,20-21H2. The van der Waals surface area contributed by atoms with Gasteiger partial charge in [0.15, 0.2) is 5.65 Å². The molecule has 0 unspecified atom stereocenters. The molecule has 9 nitrogen and oxygen atoms in total. The Morgan fingerprint density at radius 1 is 0.953 bits per heavy atom. The first-order chi connectivity index (χ1) is 20.9. The van der Waals surface area contributed by atoms with Crippen molar-refractivity contribution in [1.29, 1.82) is 0 Å². The van der Waals surface area contributed by atoms with Crippen molar-refractivity contribution in [3.8, 4) is 5.69 Å². The number of fused-ring (bicyclic) bond motifs is 2. The third kappa shape index (κ3) is 4.99. The molecule has 3 aromatic carbocycles. The van der Waals surface area contributed by atoms with Crippen LogP contribution in [-0.4, -0.2) is 58.5 Å². The van der Waals surface area contributed by atoms with Crippen molar-refractivity contribution < 1.29 is 14.3 Å². The molecule has 1 fully saturated rings. The Kier molecular flexibility index (Phi) is 6.62. The van der Waals surface area contributed by atoms with Gasteiger partial charge < -0.3 is 14.6 Å². The number of carbonyl (C=O) groups is 1. The van der Waals surface area contributed by atoms with Gasteiger partial charge in [0.2, 0.25) is 0 Å². The summed E-state index contributed by atoms with van der Waals surface area (Å²) in [6.07, 6.45) is 3.47. The molecule has 0 aliphatic carbocycles. The quantitative estimate of drug-likeness (QED) is 0.317. The zero-order chi connectivity index (χ0) is 29.6. The lowest BCUT2D eigenvalue weighted by Crippen LogP contribution is -2.50. The Morgan fingerprint density at radius 2 is 1.67 bits per heavy atom. The van der Waals surface area contributed by atoms with E-state index in [-0.39, 0.29) is 23.8 Å². The van der Waals surface area contributed by atoms with E-state index in [1.807, 2.05) is 60.7 Å². The smallest absolute Gasteiger partial charge is 0.270 e. The van der Waals surface area contributed by atoms with Gasteiger partial charge in [0.05, 0.1) is 24.0 Å². The number of para-hydroxylation sites is 1. The molecule has 1 saturated heterocycles. The van der Waals surface area contributed by atoms with Crippen LogP contribution >= 0.6 is 0 Å². The van der Waals surface area contributed by atoms with Crippen molar-refractivity contribution in [2.45, 2.75) is 31.5 Å². The summed E-state index contributed by atoms with van der Waals surface area (Å²) >= 11 is 0. The molecule has 3 aromatic heterocycles. The van der Waals surface area contributed by atoms with E-state index in [2.05, 4.69) is 14.6 Å². The first-order valence-electron chi connectivity index (χ1n) is 14.2. The second-order valence-electron chi connectivity index (χ2n) is 11.1. The number of likely N-dealkylation sites (tertiary alicyclic amines) is 1. The summed E-state index contributed by atoms with van der Waals surface area (Å²) < 4.78 is 18.3. The average molecular weight is 577 g/mol. The minimum absolute atomic E-state index is 0.0484. The minimum atomic E-state index is -1.18. The summed E-state index contributed by atoms with van der Waals surface area (Å²) in [6.45, 7) is 1.33. The van der Waals surface area contributed by atoms with Gasteiger partial charge in [-0.3, -0.25) is 14.2 Å². The molecule has 6 aromatic rings. The van der Waals surface area contributed by atoms with Crippen LogP contribution in [0.2, 0.25) is 0 Å². The number of aromatic nitrogens is 5. The molecule has 0 bridgehead atoms. The van der Waals surface area contributed by atoms with Crippen LogP contribution in [0.3, 0.4) is 0 Å². The Hall–Kier alpha value is -5.09. The Morgan fingerprint density at radius 3 is 2.44 bits per heavy atom. The third-order valence-electron chi connectivity index (χ3n) is 8.28. The topological polar surface area (TPSA) is 98.2 Å². The third-order valence-corrected chi connectivity index (χ3v) is 8.28. The first kappa shape index (κ1) is 26.8. The van der Waals surface area contributed by atoms with Crippen molar-refractivity contribution in [2.75, 3.05) is 13.1 Å². The maximum absolute atomic E-state index is 13.8. The molecule has 0 atom stereocenters. The highest BCUT2D eigenvalue weighted by molar-refractivity contribution is 5.99. The Bertz CT molecular complexity index is 2000. The Balaban J connectivity index is 1.09. The fraction of sp³-hybridized carbons (Fsp3) is 0.212. The van der Waals surface area contributed by atoms with E-state index in [1.165, 1.54) is 33.9 Å². The molecular formula is C33H29FN6O3. The molecule has 10 heteroatoms. The van der Waals surface area contributed by atoms with E-state index in [1.54, 1.807) is 17.0 Å². The van der Waals surface area contributed by atoms with Crippen molar-refractivity contribution in [3.63, 3.8) is 0 Å². The summed E-state index contributed by atoms with van der Waals surface area (Å²) in [5.41, 5.74) is 2.14. The number of carbonyl (C=O) groups excluding carboxylic acids is 1. The van der Waals surface area contributed by atoms with Crippen LogP contribution in [0.15, 0.2) is 102 Å². The van der Waals surface area contributed by atoms with Gasteiger partial charge in [-0.05, 0) is 54.8 Å². The maximum Gasteiger partial charge on any atom is 0.270 e. The van der Waals surface area contributed by atoms with Gasteiger partial charge in [0, 0.05) is 30.5 Å². The summed E-state index contributed by atoms with van der Waals surface area (Å²) in [6, 6.07) is 25.7. The van der Waals surface area contributed by atoms with Crippen LogP contribution in [0, 0.1) is 5.82 Å². The van der Waals surface area contributed by atoms with Gasteiger partial charge in [0.25, 0.3) is 11.5 Å². The SMILES string of the molecule is O=C(c1cc2ccccc2n1Cc1ccccc1)N1CCC(O)(Cn2cnc3c(cnn3-c3ccc(F)cc3)c2=O)CC1. The molecule has 0 radical (unpaired) electrons. The van der Waals surface area contributed by atoms with Crippen molar-refractivity contribution in [1.82, 2.24) is 28.8 Å². The largest absolute Gasteiger partial charge is 0.388 e. The molecule has 4 heterocycles. The second-order valence-corrected chi connectivity index (χ2v) is 11.1. The number of hydrogen-bond acceptors (Lipinski definition) is 5. The molecule has 0 spiro atoms. The van der Waals surface area contributed by atoms with Crippen LogP contribution in [0.4, 0.5) is 4.39 Å². The Labute approximate surface area is 246 Å². The lowest BCUT2D eigenvalue weighted by Gasteiger charge is -2.38. The van der Waals surface area contributed by atoms with E-state index in [9.17, 15) is 19.1 Å². The fourth-order valence-electron chi connectivity index (χ4n) is 5.92. The van der Waals surface area contributed by atoms with E-state index >= 15 is 0 Å². The highest BCUT2D eigenvalue weighted by atomic mass is 19.1. The number of hydrogen-bond donors (Lipinski definition) is 1. The van der Waals surface area contributed by atoms with Gasteiger partial charge >= 0.3 is 0 Å². The molecule has 43 heavy (non-hydrogen) atoms. The van der Waals surface area contributed by atoms with Crippen LogP contribution in [0.5, 0.6) is 0 Å². The molecule has 1 aliphatic rings. The van der Waals surface area contributed by atoms with E-state index in [0.29, 0.717) is 54.9 Å². The van der Waals surface area contributed by atoms with Crippen LogP contribution in [0.25, 0.3) is 27.6 Å². The number of nitrogens with zero attached hydrogens (tertiary/aromatic N) is 6. The maximum atomic E-state index is 13.8. The summed E-state index contributed by atoms with van der Waals surface area (Å²) in [4.78, 5) is 33.3. The van der Waals surface area contributed by atoms with Crippen molar-refractivity contribution in [3.05, 3.63) is 125 Å². The number of rotatable bonds is 6. The summed E-state index contributed by atoms with van der Waals surface area (Å²) in [7, 11) is 0. The van der Waals surface area contributed by atoms with E-state index < -0.39 is 5.60 Å². The minimum Gasteiger partial charge on any atom is -0.388 e. The predicted molar refractivity (Wildman–Crippen MR) is 161 cm³/mol. The lowest BCUT2D eigenvalue weighted by atomic mass is 9.91. The molecule has 1 aliphatic heterocycles. The molecule has 216 valence electrons. The number of aliphatic hydroxyl groups is 1. The van der Waals surface area contributed by atoms with Gasteiger partial charge in [-0.15, -0.1) is 0 Å². The number of amides is 1. The normalized spacial score (nSPS) is 14.9. The summed E-state index contributed by atoms with van der Waals surface area (Å²) in [5.74, 6) is -0.450. The van der Waals surface area contributed by atoms with Crippen LogP contribution < -0.4 is 5.56 Å². The van der Waals surface area contributed by atoms with Gasteiger partial charge in [-0.2, -0.15) is 5.10 Å². The molecule has 1 amide bonds.